The van der Waals surface area contributed by atoms with Crippen LogP contribution in [0.15, 0.2) is 42.5 Å². The molecule has 3 rings (SSSR count). The number of benzene rings is 2. The molecule has 0 amide bonds. The van der Waals surface area contributed by atoms with E-state index < -0.39 is 0 Å². The van der Waals surface area contributed by atoms with E-state index in [0.717, 1.165) is 22.3 Å². The van der Waals surface area contributed by atoms with Crippen LogP contribution >= 0.6 is 12.6 Å². The van der Waals surface area contributed by atoms with Crippen LogP contribution < -0.4 is 0 Å². The molecule has 2 nitrogen and oxygen atoms in total. The molecule has 1 aliphatic carbocycles. The lowest BCUT2D eigenvalue weighted by Gasteiger charge is -2.07. The summed E-state index contributed by atoms with van der Waals surface area (Å²) in [6.45, 7) is 0. The van der Waals surface area contributed by atoms with Crippen LogP contribution in [0.4, 0.5) is 0 Å². The smallest absolute Gasteiger partial charge is 0.194 e. The highest BCUT2D eigenvalue weighted by Gasteiger charge is 2.28. The third-order valence-corrected chi connectivity index (χ3v) is 3.75. The summed E-state index contributed by atoms with van der Waals surface area (Å²) < 4.78 is 0. The van der Waals surface area contributed by atoms with E-state index in [0.29, 0.717) is 12.0 Å². The van der Waals surface area contributed by atoms with Crippen LogP contribution in [0.3, 0.4) is 0 Å². The average molecular weight is 268 g/mol. The molecule has 0 saturated heterocycles. The molecule has 94 valence electrons. The Balaban J connectivity index is 2.19. The van der Waals surface area contributed by atoms with Crippen molar-refractivity contribution in [2.24, 2.45) is 0 Å². The molecule has 0 unspecified atom stereocenters. The van der Waals surface area contributed by atoms with E-state index in [9.17, 15) is 9.59 Å². The number of carbonyl (C=O) groups is 2. The average Bonchev–Trinajstić information content (AvgIpc) is 2.74. The molecule has 1 aliphatic rings. The topological polar surface area (TPSA) is 34.1 Å². The van der Waals surface area contributed by atoms with E-state index in [2.05, 4.69) is 12.6 Å². The molecular formula is C16H12O2S. The highest BCUT2D eigenvalue weighted by atomic mass is 32.1. The molecule has 0 bridgehead atoms. The first-order valence-corrected chi connectivity index (χ1v) is 6.74. The molecule has 19 heavy (non-hydrogen) atoms. The Kier molecular flexibility index (Phi) is 2.99. The van der Waals surface area contributed by atoms with E-state index in [1.165, 1.54) is 0 Å². The zero-order chi connectivity index (χ0) is 13.4. The largest absolute Gasteiger partial charge is 0.298 e. The number of hydrogen-bond acceptors (Lipinski definition) is 3. The van der Waals surface area contributed by atoms with Crippen LogP contribution in [-0.2, 0) is 11.2 Å². The van der Waals surface area contributed by atoms with Crippen molar-refractivity contribution in [2.75, 3.05) is 5.75 Å². The van der Waals surface area contributed by atoms with Crippen molar-refractivity contribution in [2.45, 2.75) is 6.42 Å². The molecule has 3 heteroatoms. The molecule has 0 saturated carbocycles. The van der Waals surface area contributed by atoms with Gasteiger partial charge in [-0.3, -0.25) is 9.59 Å². The summed E-state index contributed by atoms with van der Waals surface area (Å²) in [7, 11) is 0. The van der Waals surface area contributed by atoms with Crippen molar-refractivity contribution in [3.05, 3.63) is 59.2 Å². The zero-order valence-corrected chi connectivity index (χ0v) is 11.1. The van der Waals surface area contributed by atoms with Crippen LogP contribution in [-0.4, -0.2) is 17.3 Å². The minimum atomic E-state index is 0.0470. The first-order valence-electron chi connectivity index (χ1n) is 6.11. The predicted octanol–water partition coefficient (Wildman–Crippen LogP) is 2.94. The summed E-state index contributed by atoms with van der Waals surface area (Å²) in [6.07, 6.45) is 0.328. The minimum absolute atomic E-state index is 0.0470. The van der Waals surface area contributed by atoms with E-state index in [4.69, 9.17) is 0 Å². The molecule has 0 aromatic heterocycles. The molecular weight excluding hydrogens is 256 g/mol. The Morgan fingerprint density at radius 1 is 0.947 bits per heavy atom. The van der Waals surface area contributed by atoms with Crippen molar-refractivity contribution >= 4 is 24.2 Å². The molecule has 0 N–H and O–H groups in total. The summed E-state index contributed by atoms with van der Waals surface area (Å²) in [4.78, 5) is 23.9. The Bertz CT molecular complexity index is 689. The summed E-state index contributed by atoms with van der Waals surface area (Å²) in [5.74, 6) is 0.332. The van der Waals surface area contributed by atoms with Gasteiger partial charge in [-0.1, -0.05) is 42.5 Å². The quantitative estimate of drug-likeness (QED) is 0.741. The monoisotopic (exact) mass is 268 g/mol. The predicted molar refractivity (Wildman–Crippen MR) is 77.9 cm³/mol. The van der Waals surface area contributed by atoms with Crippen LogP contribution in [0, 0.1) is 0 Å². The normalized spacial score (nSPS) is 12.2. The molecule has 2 aromatic rings. The van der Waals surface area contributed by atoms with E-state index in [1.54, 1.807) is 0 Å². The number of ketones is 2. The fourth-order valence-electron chi connectivity index (χ4n) is 2.57. The number of hydrogen-bond donors (Lipinski definition) is 1. The SMILES string of the molecule is O=C(CS)Cc1cccc2c1-c1ccccc1C2=O. The maximum absolute atomic E-state index is 12.3. The van der Waals surface area contributed by atoms with Gasteiger partial charge in [0.1, 0.15) is 5.78 Å². The van der Waals surface area contributed by atoms with Crippen molar-refractivity contribution in [3.8, 4) is 11.1 Å². The van der Waals surface area contributed by atoms with Crippen molar-refractivity contribution < 1.29 is 9.59 Å². The molecule has 0 aliphatic heterocycles. The summed E-state index contributed by atoms with van der Waals surface area (Å²) in [5, 5.41) is 0. The Morgan fingerprint density at radius 3 is 2.37 bits per heavy atom. The fourth-order valence-corrected chi connectivity index (χ4v) is 2.68. The van der Waals surface area contributed by atoms with Crippen molar-refractivity contribution in [3.63, 3.8) is 0 Å². The second-order valence-electron chi connectivity index (χ2n) is 4.59. The number of rotatable bonds is 3. The standard InChI is InChI=1S/C16H12O2S/c17-11(9-19)8-10-4-3-7-14-15(10)12-5-1-2-6-13(12)16(14)18/h1-7,19H,8-9H2. The Labute approximate surface area is 116 Å². The third kappa shape index (κ3) is 1.90. The Morgan fingerprint density at radius 2 is 1.63 bits per heavy atom. The van der Waals surface area contributed by atoms with Crippen LogP contribution in [0.1, 0.15) is 21.5 Å². The number of carbonyl (C=O) groups excluding carboxylic acids is 2. The van der Waals surface area contributed by atoms with Gasteiger partial charge in [-0.2, -0.15) is 12.6 Å². The molecule has 2 aromatic carbocycles. The van der Waals surface area contributed by atoms with Crippen molar-refractivity contribution in [1.29, 1.82) is 0 Å². The van der Waals surface area contributed by atoms with Gasteiger partial charge in [0, 0.05) is 23.3 Å². The minimum Gasteiger partial charge on any atom is -0.298 e. The lowest BCUT2D eigenvalue weighted by Crippen LogP contribution is -2.05. The van der Waals surface area contributed by atoms with Gasteiger partial charge in [-0.15, -0.1) is 0 Å². The fraction of sp³-hybridized carbons (Fsp3) is 0.125. The molecule has 0 fully saturated rings. The first-order chi connectivity index (χ1) is 9.22. The third-order valence-electron chi connectivity index (χ3n) is 3.40. The molecule has 0 radical (unpaired) electrons. The van der Waals surface area contributed by atoms with Crippen molar-refractivity contribution in [1.82, 2.24) is 0 Å². The summed E-state index contributed by atoms with van der Waals surface area (Å²) >= 11 is 4.01. The number of fused-ring (bicyclic) bond motifs is 3. The lowest BCUT2D eigenvalue weighted by atomic mass is 9.96. The van der Waals surface area contributed by atoms with Crippen LogP contribution in [0.5, 0.6) is 0 Å². The zero-order valence-electron chi connectivity index (χ0n) is 10.2. The highest BCUT2D eigenvalue weighted by Crippen LogP contribution is 2.38. The summed E-state index contributed by atoms with van der Waals surface area (Å²) in [6, 6.07) is 13.1. The van der Waals surface area contributed by atoms with Gasteiger partial charge >= 0.3 is 0 Å². The van der Waals surface area contributed by atoms with Gasteiger partial charge in [0.05, 0.1) is 0 Å². The van der Waals surface area contributed by atoms with E-state index in [-0.39, 0.29) is 17.3 Å². The molecule has 0 atom stereocenters. The number of thiol groups is 1. The first kappa shape index (κ1) is 12.2. The van der Waals surface area contributed by atoms with Gasteiger partial charge in [-0.05, 0) is 16.7 Å². The van der Waals surface area contributed by atoms with Crippen LogP contribution in [0.2, 0.25) is 0 Å². The van der Waals surface area contributed by atoms with Gasteiger partial charge in [0.2, 0.25) is 0 Å². The van der Waals surface area contributed by atoms with E-state index in [1.807, 2.05) is 42.5 Å². The van der Waals surface area contributed by atoms with Gasteiger partial charge in [-0.25, -0.2) is 0 Å². The summed E-state index contributed by atoms with van der Waals surface area (Å²) in [5.41, 5.74) is 4.19. The highest BCUT2D eigenvalue weighted by molar-refractivity contribution is 7.81. The Hall–Kier alpha value is -1.87. The van der Waals surface area contributed by atoms with Crippen LogP contribution in [0.25, 0.3) is 11.1 Å². The maximum Gasteiger partial charge on any atom is 0.194 e. The molecule has 0 heterocycles. The van der Waals surface area contributed by atoms with Gasteiger partial charge < -0.3 is 0 Å². The van der Waals surface area contributed by atoms with Gasteiger partial charge in [0.25, 0.3) is 0 Å². The second-order valence-corrected chi connectivity index (χ2v) is 4.90. The van der Waals surface area contributed by atoms with E-state index >= 15 is 0 Å². The number of Topliss-reactive ketones (excluding diaryl/α,β-unsaturated/α-hetero) is 1. The van der Waals surface area contributed by atoms with Gasteiger partial charge in [0.15, 0.2) is 5.78 Å². The molecule has 0 spiro atoms. The second kappa shape index (κ2) is 4.67. The lowest BCUT2D eigenvalue weighted by molar-refractivity contribution is -0.115. The maximum atomic E-state index is 12.3.